The molecule has 1 aromatic carbocycles. The van der Waals surface area contributed by atoms with E-state index >= 15 is 0 Å². The van der Waals surface area contributed by atoms with Gasteiger partial charge < -0.3 is 11.1 Å². The molecule has 0 radical (unpaired) electrons. The van der Waals surface area contributed by atoms with Gasteiger partial charge in [0.25, 0.3) is 5.56 Å². The second-order valence-electron chi connectivity index (χ2n) is 6.44. The Hall–Kier alpha value is -2.52. The molecule has 1 aromatic heterocycles. The number of rotatable bonds is 5. The van der Waals surface area contributed by atoms with E-state index in [1.165, 1.54) is 18.3 Å². The Kier molecular flexibility index (Phi) is 5.43. The smallest absolute Gasteiger partial charge is 0.288 e. The van der Waals surface area contributed by atoms with Gasteiger partial charge in [0.1, 0.15) is 11.6 Å². The number of primary amides is 1. The van der Waals surface area contributed by atoms with Crippen LogP contribution >= 0.6 is 11.6 Å². The molecule has 10 heteroatoms. The average Bonchev–Trinajstić information content (AvgIpc) is 2.97. The molecular weight excluding hydrogens is 380 g/mol. The standard InChI is InChI=1S/C17H18ClF2N5O2/c1-24-5-4-12(16(24)9-2-3-10(19)11(20)6-9)23-13-7-22-25(8-14(21)26)17(27)15(13)18/h2-3,6-7,12,16,23H,4-5,8H2,1H3,(H2,21,26)/t12-,16+/m1/s1. The van der Waals surface area contributed by atoms with Gasteiger partial charge in [-0.05, 0) is 31.2 Å². The molecule has 0 spiro atoms. The van der Waals surface area contributed by atoms with Gasteiger partial charge in [-0.1, -0.05) is 17.7 Å². The van der Waals surface area contributed by atoms with Crippen molar-refractivity contribution in [1.82, 2.24) is 14.7 Å². The third-order valence-corrected chi connectivity index (χ3v) is 4.93. The third kappa shape index (κ3) is 3.93. The molecule has 3 rings (SSSR count). The molecular formula is C17H18ClF2N5O2. The maximum absolute atomic E-state index is 13.7. The lowest BCUT2D eigenvalue weighted by Gasteiger charge is -2.27. The molecule has 0 aliphatic carbocycles. The van der Waals surface area contributed by atoms with Crippen molar-refractivity contribution in [1.29, 1.82) is 0 Å². The van der Waals surface area contributed by atoms with Gasteiger partial charge in [-0.25, -0.2) is 13.5 Å². The number of likely N-dealkylation sites (tertiary alicyclic amines) is 1. The van der Waals surface area contributed by atoms with Crippen LogP contribution in [-0.4, -0.2) is 40.2 Å². The number of anilines is 1. The van der Waals surface area contributed by atoms with Gasteiger partial charge >= 0.3 is 0 Å². The first-order valence-corrected chi connectivity index (χ1v) is 8.61. The number of nitrogens with two attached hydrogens (primary N) is 1. The second-order valence-corrected chi connectivity index (χ2v) is 6.82. The van der Waals surface area contributed by atoms with Crippen molar-refractivity contribution in [2.45, 2.75) is 25.0 Å². The molecule has 2 atom stereocenters. The van der Waals surface area contributed by atoms with Gasteiger partial charge in [0.2, 0.25) is 5.91 Å². The first kappa shape index (κ1) is 19.2. The van der Waals surface area contributed by atoms with Gasteiger partial charge in [-0.3, -0.25) is 14.5 Å². The number of amides is 1. The molecule has 1 aliphatic rings. The van der Waals surface area contributed by atoms with Crippen molar-refractivity contribution in [2.24, 2.45) is 5.73 Å². The van der Waals surface area contributed by atoms with Crippen LogP contribution in [-0.2, 0) is 11.3 Å². The number of nitrogens with zero attached hydrogens (tertiary/aromatic N) is 3. The van der Waals surface area contributed by atoms with Crippen LogP contribution in [0.4, 0.5) is 14.5 Å². The van der Waals surface area contributed by atoms with E-state index in [9.17, 15) is 18.4 Å². The van der Waals surface area contributed by atoms with Crippen molar-refractivity contribution in [2.75, 3.05) is 18.9 Å². The van der Waals surface area contributed by atoms with Crippen molar-refractivity contribution < 1.29 is 13.6 Å². The number of aromatic nitrogens is 2. The summed E-state index contributed by atoms with van der Waals surface area (Å²) in [5.74, 6) is -2.54. The molecule has 0 unspecified atom stereocenters. The number of likely N-dealkylation sites (N-methyl/N-ethyl adjacent to an activating group) is 1. The highest BCUT2D eigenvalue weighted by molar-refractivity contribution is 6.32. The van der Waals surface area contributed by atoms with Gasteiger partial charge in [0.15, 0.2) is 11.6 Å². The first-order chi connectivity index (χ1) is 12.8. The van der Waals surface area contributed by atoms with Crippen molar-refractivity contribution in [3.63, 3.8) is 0 Å². The minimum atomic E-state index is -0.916. The fraction of sp³-hybridized carbons (Fsp3) is 0.353. The molecule has 3 N–H and O–H groups in total. The van der Waals surface area contributed by atoms with E-state index in [-0.39, 0.29) is 23.7 Å². The normalized spacial score (nSPS) is 20.0. The fourth-order valence-corrected chi connectivity index (χ4v) is 3.51. The van der Waals surface area contributed by atoms with Crippen LogP contribution in [0.1, 0.15) is 18.0 Å². The highest BCUT2D eigenvalue weighted by Gasteiger charge is 2.34. The Balaban J connectivity index is 1.88. The molecule has 1 saturated heterocycles. The molecule has 144 valence electrons. The average molecular weight is 398 g/mol. The number of hydrogen-bond acceptors (Lipinski definition) is 5. The third-order valence-electron chi connectivity index (χ3n) is 4.57. The predicted octanol–water partition coefficient (Wildman–Crippen LogP) is 1.52. The zero-order valence-electron chi connectivity index (χ0n) is 14.5. The molecule has 0 saturated carbocycles. The Bertz CT molecular complexity index is 936. The van der Waals surface area contributed by atoms with E-state index in [0.29, 0.717) is 24.2 Å². The minimum Gasteiger partial charge on any atom is -0.378 e. The molecule has 1 amide bonds. The molecule has 27 heavy (non-hydrogen) atoms. The number of carbonyl (C=O) groups is 1. The first-order valence-electron chi connectivity index (χ1n) is 8.23. The van der Waals surface area contributed by atoms with Gasteiger partial charge in [-0.15, -0.1) is 0 Å². The summed E-state index contributed by atoms with van der Waals surface area (Å²) in [4.78, 5) is 25.2. The zero-order valence-corrected chi connectivity index (χ0v) is 15.2. The summed E-state index contributed by atoms with van der Waals surface area (Å²) >= 11 is 6.13. The summed E-state index contributed by atoms with van der Waals surface area (Å²) in [5.41, 5.74) is 5.34. The van der Waals surface area contributed by atoms with Gasteiger partial charge in [-0.2, -0.15) is 5.10 Å². The summed E-state index contributed by atoms with van der Waals surface area (Å²) < 4.78 is 27.8. The maximum atomic E-state index is 13.7. The SMILES string of the molecule is CN1CC[C@@H](Nc2cnn(CC(N)=O)c(=O)c2Cl)[C@@H]1c1ccc(F)c(F)c1. The van der Waals surface area contributed by atoms with E-state index in [4.69, 9.17) is 17.3 Å². The highest BCUT2D eigenvalue weighted by atomic mass is 35.5. The van der Waals surface area contributed by atoms with Crippen molar-refractivity contribution in [3.05, 3.63) is 57.0 Å². The van der Waals surface area contributed by atoms with Crippen LogP contribution in [0.25, 0.3) is 0 Å². The van der Waals surface area contributed by atoms with E-state index in [1.807, 2.05) is 11.9 Å². The summed E-state index contributed by atoms with van der Waals surface area (Å²) in [5, 5.41) is 6.94. The Morgan fingerprint density at radius 2 is 2.15 bits per heavy atom. The van der Waals surface area contributed by atoms with E-state index in [1.54, 1.807) is 0 Å². The number of carbonyl (C=O) groups excluding carboxylic acids is 1. The van der Waals surface area contributed by atoms with Crippen LogP contribution in [0.3, 0.4) is 0 Å². The maximum Gasteiger partial charge on any atom is 0.288 e. The summed E-state index contributed by atoms with van der Waals surface area (Å²) in [6.07, 6.45) is 2.04. The highest BCUT2D eigenvalue weighted by Crippen LogP contribution is 2.34. The van der Waals surface area contributed by atoms with Crippen LogP contribution in [0, 0.1) is 11.6 Å². The second kappa shape index (κ2) is 7.61. The molecule has 7 nitrogen and oxygen atoms in total. The number of benzene rings is 1. The Morgan fingerprint density at radius 3 is 2.81 bits per heavy atom. The summed E-state index contributed by atoms with van der Waals surface area (Å²) in [6.45, 7) is 0.341. The van der Waals surface area contributed by atoms with E-state index in [2.05, 4.69) is 10.4 Å². The van der Waals surface area contributed by atoms with Crippen LogP contribution < -0.4 is 16.6 Å². The summed E-state index contributed by atoms with van der Waals surface area (Å²) in [6, 6.07) is 3.34. The molecule has 2 heterocycles. The Morgan fingerprint density at radius 1 is 1.41 bits per heavy atom. The summed E-state index contributed by atoms with van der Waals surface area (Å²) in [7, 11) is 1.87. The molecule has 1 fully saturated rings. The van der Waals surface area contributed by atoms with Gasteiger partial charge in [0.05, 0.1) is 17.9 Å². The molecule has 1 aliphatic heterocycles. The van der Waals surface area contributed by atoms with Crippen molar-refractivity contribution in [3.8, 4) is 0 Å². The lowest BCUT2D eigenvalue weighted by Crippen LogP contribution is -2.33. The Labute approximate surface area is 158 Å². The number of nitrogens with one attached hydrogen (secondary N) is 1. The van der Waals surface area contributed by atoms with Crippen LogP contribution in [0.5, 0.6) is 0 Å². The van der Waals surface area contributed by atoms with Crippen molar-refractivity contribution >= 4 is 23.2 Å². The van der Waals surface area contributed by atoms with Crippen LogP contribution in [0.2, 0.25) is 5.02 Å². The van der Waals surface area contributed by atoms with Gasteiger partial charge in [0, 0.05) is 12.6 Å². The monoisotopic (exact) mass is 397 g/mol. The fourth-order valence-electron chi connectivity index (χ4n) is 3.31. The molecule has 2 aromatic rings. The topological polar surface area (TPSA) is 93.2 Å². The number of halogens is 3. The van der Waals surface area contributed by atoms with Crippen LogP contribution in [0.15, 0.2) is 29.2 Å². The predicted molar refractivity (Wildman–Crippen MR) is 96.5 cm³/mol. The molecule has 0 bridgehead atoms. The number of hydrogen-bond donors (Lipinski definition) is 2. The lowest BCUT2D eigenvalue weighted by atomic mass is 9.99. The minimum absolute atomic E-state index is 0.121. The zero-order chi connectivity index (χ0) is 19.7. The van der Waals surface area contributed by atoms with E-state index < -0.39 is 23.1 Å². The van der Waals surface area contributed by atoms with E-state index in [0.717, 1.165) is 10.7 Å². The largest absolute Gasteiger partial charge is 0.378 e. The quantitative estimate of drug-likeness (QED) is 0.797. The lowest BCUT2D eigenvalue weighted by molar-refractivity contribution is -0.118.